The lowest BCUT2D eigenvalue weighted by molar-refractivity contribution is -0.133. The van der Waals surface area contributed by atoms with Gasteiger partial charge in [-0.3, -0.25) is 4.79 Å². The summed E-state index contributed by atoms with van der Waals surface area (Å²) in [5.41, 5.74) is 0. The van der Waals surface area contributed by atoms with E-state index in [1.165, 1.54) is 31.4 Å². The molecule has 1 saturated heterocycles. The molecule has 0 radical (unpaired) electrons. The van der Waals surface area contributed by atoms with Crippen molar-refractivity contribution in [2.75, 3.05) is 25.1 Å². The summed E-state index contributed by atoms with van der Waals surface area (Å²) in [4.78, 5) is 14.5. The monoisotopic (exact) mass is 304 g/mol. The highest BCUT2D eigenvalue weighted by atomic mass is 35.5. The van der Waals surface area contributed by atoms with Gasteiger partial charge in [0.2, 0.25) is 5.91 Å². The topological polar surface area (TPSA) is 32.3 Å². The second kappa shape index (κ2) is 6.68. The first-order valence-corrected chi connectivity index (χ1v) is 8.48. The van der Waals surface area contributed by atoms with Crippen molar-refractivity contribution in [3.05, 3.63) is 0 Å². The second-order valence-corrected chi connectivity index (χ2v) is 7.25. The Bertz CT molecular complexity index is 303. The number of carbonyl (C=O) groups excluding carboxylic acids is 1. The number of nitrogens with zero attached hydrogens (tertiary/aromatic N) is 1. The maximum absolute atomic E-state index is 12.4. The molecule has 5 heteroatoms. The molecule has 0 aromatic carbocycles. The van der Waals surface area contributed by atoms with E-state index in [2.05, 4.69) is 10.2 Å². The Balaban J connectivity index is 0.00000133. The number of thioether (sulfide) groups is 1. The summed E-state index contributed by atoms with van der Waals surface area (Å²) in [5, 5.41) is 3.47. The van der Waals surface area contributed by atoms with Crippen LogP contribution in [0.25, 0.3) is 0 Å². The molecule has 3 fully saturated rings. The van der Waals surface area contributed by atoms with Crippen LogP contribution in [0, 0.1) is 11.8 Å². The van der Waals surface area contributed by atoms with E-state index in [-0.39, 0.29) is 12.4 Å². The fraction of sp³-hybridized carbons (Fsp3) is 0.929. The Morgan fingerprint density at radius 3 is 2.42 bits per heavy atom. The molecule has 1 aliphatic heterocycles. The summed E-state index contributed by atoms with van der Waals surface area (Å²) in [6.07, 6.45) is 6.07. The van der Waals surface area contributed by atoms with Crippen LogP contribution in [-0.4, -0.2) is 48.0 Å². The lowest BCUT2D eigenvalue weighted by Gasteiger charge is -2.31. The van der Waals surface area contributed by atoms with Gasteiger partial charge in [0.1, 0.15) is 0 Å². The van der Waals surface area contributed by atoms with Crippen molar-refractivity contribution in [1.29, 1.82) is 0 Å². The van der Waals surface area contributed by atoms with Gasteiger partial charge in [-0.25, -0.2) is 0 Å². The Hall–Kier alpha value is 0.0700. The van der Waals surface area contributed by atoms with Crippen molar-refractivity contribution < 1.29 is 4.79 Å². The Kier molecular flexibility index (Phi) is 5.44. The predicted octanol–water partition coefficient (Wildman–Crippen LogP) is 2.15. The Morgan fingerprint density at radius 1 is 1.32 bits per heavy atom. The van der Waals surface area contributed by atoms with E-state index in [1.807, 2.05) is 18.8 Å². The summed E-state index contributed by atoms with van der Waals surface area (Å²) in [5.74, 6) is 4.28. The minimum atomic E-state index is 0. The van der Waals surface area contributed by atoms with Gasteiger partial charge >= 0.3 is 0 Å². The Labute approximate surface area is 126 Å². The lowest BCUT2D eigenvalue weighted by Crippen LogP contribution is -2.45. The predicted molar refractivity (Wildman–Crippen MR) is 83.0 cm³/mol. The highest BCUT2D eigenvalue weighted by molar-refractivity contribution is 7.99. The molecule has 1 unspecified atom stereocenters. The van der Waals surface area contributed by atoms with Gasteiger partial charge in [0.15, 0.2) is 0 Å². The largest absolute Gasteiger partial charge is 0.342 e. The quantitative estimate of drug-likeness (QED) is 0.845. The molecule has 1 heterocycles. The molecule has 110 valence electrons. The van der Waals surface area contributed by atoms with Gasteiger partial charge in [0, 0.05) is 43.6 Å². The summed E-state index contributed by atoms with van der Waals surface area (Å²) in [6, 6.07) is 0.964. The highest BCUT2D eigenvalue weighted by Crippen LogP contribution is 2.46. The number of rotatable bonds is 5. The van der Waals surface area contributed by atoms with E-state index >= 15 is 0 Å². The van der Waals surface area contributed by atoms with Crippen molar-refractivity contribution in [2.24, 2.45) is 11.8 Å². The number of hydrogen-bond acceptors (Lipinski definition) is 3. The fourth-order valence-corrected chi connectivity index (χ4v) is 4.11. The normalized spacial score (nSPS) is 26.9. The van der Waals surface area contributed by atoms with E-state index in [4.69, 9.17) is 0 Å². The van der Waals surface area contributed by atoms with Crippen LogP contribution in [0.4, 0.5) is 0 Å². The SMILES string of the molecule is CN(C(=O)CC1CSCCN1)C(C1CC1)C1CC1.Cl. The molecule has 0 spiro atoms. The lowest BCUT2D eigenvalue weighted by atomic mass is 10.0. The smallest absolute Gasteiger partial charge is 0.224 e. The second-order valence-electron chi connectivity index (χ2n) is 6.10. The van der Waals surface area contributed by atoms with Crippen LogP contribution in [0.1, 0.15) is 32.1 Å². The molecule has 19 heavy (non-hydrogen) atoms. The average Bonchev–Trinajstić information content (AvgIpc) is 3.25. The van der Waals surface area contributed by atoms with Crippen LogP contribution >= 0.6 is 24.2 Å². The van der Waals surface area contributed by atoms with Crippen LogP contribution in [0.3, 0.4) is 0 Å². The molecule has 3 aliphatic rings. The van der Waals surface area contributed by atoms with Crippen LogP contribution < -0.4 is 5.32 Å². The van der Waals surface area contributed by atoms with Gasteiger partial charge in [0.25, 0.3) is 0 Å². The van der Waals surface area contributed by atoms with E-state index < -0.39 is 0 Å². The number of amides is 1. The van der Waals surface area contributed by atoms with E-state index in [9.17, 15) is 4.79 Å². The fourth-order valence-electron chi connectivity index (χ4n) is 3.16. The molecule has 3 nitrogen and oxygen atoms in total. The van der Waals surface area contributed by atoms with Gasteiger partial charge in [-0.1, -0.05) is 0 Å². The third-order valence-corrected chi connectivity index (χ3v) is 5.60. The molecule has 3 rings (SSSR count). The first-order chi connectivity index (χ1) is 8.75. The summed E-state index contributed by atoms with van der Waals surface area (Å²) < 4.78 is 0. The number of carbonyl (C=O) groups is 1. The van der Waals surface area contributed by atoms with Crippen LogP contribution in [0.5, 0.6) is 0 Å². The van der Waals surface area contributed by atoms with E-state index in [0.717, 1.165) is 24.1 Å². The highest BCUT2D eigenvalue weighted by Gasteiger charge is 2.44. The first kappa shape index (κ1) is 15.5. The standard InChI is InChI=1S/C14H24N2OS.ClH/c1-16(14(10-2-3-10)11-4-5-11)13(17)8-12-9-18-7-6-15-12;/h10-12,14-15H,2-9H2,1H3;1H. The maximum Gasteiger partial charge on any atom is 0.224 e. The van der Waals surface area contributed by atoms with Crippen LogP contribution in [0.2, 0.25) is 0 Å². The minimum absolute atomic E-state index is 0. The van der Waals surface area contributed by atoms with Gasteiger partial charge in [-0.05, 0) is 37.5 Å². The molecular formula is C14H25ClN2OS. The molecule has 1 atom stereocenters. The number of halogens is 1. The molecule has 2 saturated carbocycles. The zero-order valence-corrected chi connectivity index (χ0v) is 13.3. The molecule has 0 aromatic rings. The summed E-state index contributed by atoms with van der Waals surface area (Å²) in [6.45, 7) is 1.06. The van der Waals surface area contributed by atoms with Gasteiger partial charge in [-0.15, -0.1) is 12.4 Å². The zero-order chi connectivity index (χ0) is 12.5. The summed E-state index contributed by atoms with van der Waals surface area (Å²) in [7, 11) is 2.04. The van der Waals surface area contributed by atoms with Crippen LogP contribution in [-0.2, 0) is 4.79 Å². The summed E-state index contributed by atoms with van der Waals surface area (Å²) >= 11 is 1.97. The molecule has 1 N–H and O–H groups in total. The van der Waals surface area contributed by atoms with E-state index in [1.54, 1.807) is 0 Å². The van der Waals surface area contributed by atoms with Gasteiger partial charge < -0.3 is 10.2 Å². The molecular weight excluding hydrogens is 280 g/mol. The third kappa shape index (κ3) is 4.02. The number of nitrogens with one attached hydrogen (secondary N) is 1. The average molecular weight is 305 g/mol. The molecule has 0 aromatic heterocycles. The van der Waals surface area contributed by atoms with Gasteiger partial charge in [-0.2, -0.15) is 11.8 Å². The molecule has 2 aliphatic carbocycles. The van der Waals surface area contributed by atoms with Crippen LogP contribution in [0.15, 0.2) is 0 Å². The molecule has 1 amide bonds. The maximum atomic E-state index is 12.4. The van der Waals surface area contributed by atoms with Crippen molar-refractivity contribution in [3.8, 4) is 0 Å². The first-order valence-electron chi connectivity index (χ1n) is 7.32. The van der Waals surface area contributed by atoms with Crippen molar-refractivity contribution in [1.82, 2.24) is 10.2 Å². The zero-order valence-electron chi connectivity index (χ0n) is 11.6. The Morgan fingerprint density at radius 2 is 1.95 bits per heavy atom. The third-order valence-electron chi connectivity index (χ3n) is 4.47. The van der Waals surface area contributed by atoms with E-state index in [0.29, 0.717) is 24.4 Å². The van der Waals surface area contributed by atoms with Crippen molar-refractivity contribution in [2.45, 2.75) is 44.2 Å². The van der Waals surface area contributed by atoms with Crippen molar-refractivity contribution in [3.63, 3.8) is 0 Å². The minimum Gasteiger partial charge on any atom is -0.342 e. The molecule has 0 bridgehead atoms. The van der Waals surface area contributed by atoms with Crippen molar-refractivity contribution >= 4 is 30.1 Å². The number of hydrogen-bond donors (Lipinski definition) is 1. The van der Waals surface area contributed by atoms with Gasteiger partial charge in [0.05, 0.1) is 0 Å².